The number of nitrogens with two attached hydrogens (primary N) is 2. The summed E-state index contributed by atoms with van der Waals surface area (Å²) in [7, 11) is 0. The van der Waals surface area contributed by atoms with Crippen LogP contribution in [0.2, 0.25) is 0 Å². The van der Waals surface area contributed by atoms with E-state index in [0.29, 0.717) is 24.2 Å². The molecule has 1 amide bonds. The van der Waals surface area contributed by atoms with Gasteiger partial charge in [-0.05, 0) is 43.7 Å². The summed E-state index contributed by atoms with van der Waals surface area (Å²) in [4.78, 5) is 29.4. The van der Waals surface area contributed by atoms with Gasteiger partial charge in [0.2, 0.25) is 0 Å². The van der Waals surface area contributed by atoms with Gasteiger partial charge in [-0.2, -0.15) is 0 Å². The monoisotopic (exact) mass is 480 g/mol. The lowest BCUT2D eigenvalue weighted by Gasteiger charge is -2.34. The zero-order chi connectivity index (χ0) is 25.8. The molecule has 0 unspecified atom stereocenters. The highest BCUT2D eigenvalue weighted by Crippen LogP contribution is 2.16. The number of aromatic nitrogens is 2. The van der Waals surface area contributed by atoms with Crippen LogP contribution in [0.1, 0.15) is 35.3 Å². The zero-order valence-electron chi connectivity index (χ0n) is 20.2. The number of nitrogens with zero attached hydrogens (tertiary/aromatic N) is 5. The molecule has 3 heterocycles. The van der Waals surface area contributed by atoms with E-state index in [9.17, 15) is 9.18 Å². The lowest BCUT2D eigenvalue weighted by molar-refractivity contribution is 0.0628. The van der Waals surface area contributed by atoms with Crippen molar-refractivity contribution in [2.45, 2.75) is 20.4 Å². The van der Waals surface area contributed by atoms with Gasteiger partial charge in [0.05, 0.1) is 22.7 Å². The van der Waals surface area contributed by atoms with Crippen LogP contribution >= 0.6 is 0 Å². The Kier molecular flexibility index (Phi) is 10.7. The quantitative estimate of drug-likeness (QED) is 0.145. The molecule has 0 radical (unpaired) electrons. The predicted octanol–water partition coefficient (Wildman–Crippen LogP) is 2.81. The van der Waals surface area contributed by atoms with E-state index in [1.807, 2.05) is 19.1 Å². The molecule has 0 atom stereocenters. The second kappa shape index (κ2) is 13.7. The third kappa shape index (κ3) is 8.43. The highest BCUT2D eigenvalue weighted by atomic mass is 19.1. The van der Waals surface area contributed by atoms with Crippen LogP contribution in [0.15, 0.2) is 78.6 Å². The van der Waals surface area contributed by atoms with Crippen molar-refractivity contribution in [2.75, 3.05) is 31.9 Å². The van der Waals surface area contributed by atoms with Gasteiger partial charge < -0.3 is 16.1 Å². The predicted molar refractivity (Wildman–Crippen MR) is 138 cm³/mol. The van der Waals surface area contributed by atoms with Crippen molar-refractivity contribution >= 4 is 17.6 Å². The number of hydrogen-bond acceptors (Lipinski definition) is 7. The number of hydrazine groups is 1. The van der Waals surface area contributed by atoms with Gasteiger partial charge in [-0.15, -0.1) is 6.58 Å². The highest BCUT2D eigenvalue weighted by molar-refractivity contribution is 6.05. The molecule has 1 fully saturated rings. The molecule has 10 heteroatoms. The van der Waals surface area contributed by atoms with Crippen LogP contribution < -0.4 is 17.0 Å². The van der Waals surface area contributed by atoms with Crippen molar-refractivity contribution in [1.29, 1.82) is 0 Å². The molecule has 0 saturated carbocycles. The second-order valence-corrected chi connectivity index (χ2v) is 7.82. The summed E-state index contributed by atoms with van der Waals surface area (Å²) in [5.74, 6) is 5.24. The lowest BCUT2D eigenvalue weighted by Crippen LogP contribution is -2.48. The minimum atomic E-state index is -0.451. The SMILES string of the molecule is C=C(/C=C(\C)F)N=C(NN)c1cc(C(=O)N2CCN(Cc3ccncc3)CC2)cnc1N.C=CC. The number of aliphatic imine (C=N–C) groups is 1. The van der Waals surface area contributed by atoms with Crippen LogP contribution in [0.5, 0.6) is 0 Å². The number of allylic oxidation sites excluding steroid dienone is 3. The third-order valence-electron chi connectivity index (χ3n) is 4.99. The molecule has 1 aliphatic rings. The molecule has 9 nitrogen and oxygen atoms in total. The van der Waals surface area contributed by atoms with Crippen LogP contribution in [0, 0.1) is 0 Å². The molecule has 0 spiro atoms. The van der Waals surface area contributed by atoms with E-state index < -0.39 is 5.83 Å². The molecule has 3 rings (SSSR count). The number of piperazine rings is 1. The van der Waals surface area contributed by atoms with Gasteiger partial charge in [-0.1, -0.05) is 12.7 Å². The maximum Gasteiger partial charge on any atom is 0.255 e. The van der Waals surface area contributed by atoms with Gasteiger partial charge in [0.25, 0.3) is 5.91 Å². The summed E-state index contributed by atoms with van der Waals surface area (Å²) in [6, 6.07) is 5.55. The Labute approximate surface area is 205 Å². The number of pyridine rings is 2. The van der Waals surface area contributed by atoms with E-state index in [-0.39, 0.29) is 23.3 Å². The smallest absolute Gasteiger partial charge is 0.255 e. The molecular weight excluding hydrogens is 447 g/mol. The first-order valence-electron chi connectivity index (χ1n) is 11.1. The number of carbonyl (C=O) groups excluding carboxylic acids is 1. The lowest BCUT2D eigenvalue weighted by atomic mass is 10.1. The van der Waals surface area contributed by atoms with Gasteiger partial charge in [-0.3, -0.25) is 14.7 Å². The molecule has 2 aromatic heterocycles. The standard InChI is InChI=1S/C22H27FN8O.C3H6/c1-15(23)11-16(2)28-21(29-25)19-12-18(13-27-20(19)24)22(32)31-9-7-30(8-10-31)14-17-3-5-26-6-4-17;1-3-2/h3-6,11-13H,2,7-10,14,25H2,1H3,(H2,24,27)(H,28,29);3H,1H2,2H3/b15-11+;. The maximum absolute atomic E-state index is 13.1. The van der Waals surface area contributed by atoms with Gasteiger partial charge in [-0.25, -0.2) is 20.2 Å². The molecule has 0 aliphatic carbocycles. The van der Waals surface area contributed by atoms with Crippen LogP contribution in [0.25, 0.3) is 0 Å². The molecule has 5 N–H and O–H groups in total. The van der Waals surface area contributed by atoms with Crippen LogP contribution in [0.3, 0.4) is 0 Å². The summed E-state index contributed by atoms with van der Waals surface area (Å²) in [6.07, 6.45) is 7.89. The minimum Gasteiger partial charge on any atom is -0.383 e. The van der Waals surface area contributed by atoms with E-state index in [1.54, 1.807) is 29.4 Å². The van der Waals surface area contributed by atoms with E-state index in [4.69, 9.17) is 11.6 Å². The molecule has 0 bridgehead atoms. The second-order valence-electron chi connectivity index (χ2n) is 7.82. The Morgan fingerprint density at radius 1 is 1.29 bits per heavy atom. The van der Waals surface area contributed by atoms with Gasteiger partial charge in [0.1, 0.15) is 5.82 Å². The van der Waals surface area contributed by atoms with Crippen molar-refractivity contribution in [3.8, 4) is 0 Å². The Balaban J connectivity index is 0.00000137. The molecule has 2 aromatic rings. The number of hydrogen-bond donors (Lipinski definition) is 3. The Bertz CT molecular complexity index is 1070. The molecule has 1 aliphatic heterocycles. The van der Waals surface area contributed by atoms with Crippen molar-refractivity contribution in [2.24, 2.45) is 10.8 Å². The fourth-order valence-corrected chi connectivity index (χ4v) is 3.40. The van der Waals surface area contributed by atoms with Gasteiger partial charge in [0, 0.05) is 51.3 Å². The molecule has 186 valence electrons. The number of nitrogen functional groups attached to an aromatic ring is 1. The van der Waals surface area contributed by atoms with E-state index in [0.717, 1.165) is 25.7 Å². The zero-order valence-corrected chi connectivity index (χ0v) is 20.2. The summed E-state index contributed by atoms with van der Waals surface area (Å²) in [5, 5.41) is 0. The van der Waals surface area contributed by atoms with Crippen LogP contribution in [0.4, 0.5) is 10.2 Å². The summed E-state index contributed by atoms with van der Waals surface area (Å²) >= 11 is 0. The van der Waals surface area contributed by atoms with Crippen molar-refractivity contribution < 1.29 is 9.18 Å². The number of nitrogens with one attached hydrogen (secondary N) is 1. The van der Waals surface area contributed by atoms with Crippen LogP contribution in [-0.2, 0) is 6.54 Å². The Morgan fingerprint density at radius 3 is 2.49 bits per heavy atom. The molecular formula is C25H33FN8O. The normalized spacial score (nSPS) is 14.6. The van der Waals surface area contributed by atoms with Crippen molar-refractivity contribution in [3.63, 3.8) is 0 Å². The Morgan fingerprint density at radius 2 is 1.91 bits per heavy atom. The summed E-state index contributed by atoms with van der Waals surface area (Å²) in [5.41, 5.74) is 10.4. The van der Waals surface area contributed by atoms with Crippen LogP contribution in [-0.4, -0.2) is 57.7 Å². The van der Waals surface area contributed by atoms with Crippen molar-refractivity contribution in [3.05, 3.63) is 90.3 Å². The number of halogens is 1. The van der Waals surface area contributed by atoms with E-state index >= 15 is 0 Å². The first-order valence-corrected chi connectivity index (χ1v) is 11.1. The molecule has 1 saturated heterocycles. The van der Waals surface area contributed by atoms with E-state index in [1.165, 1.54) is 18.7 Å². The molecule has 35 heavy (non-hydrogen) atoms. The topological polar surface area (TPSA) is 126 Å². The number of amides is 1. The fraction of sp³-hybridized carbons (Fsp3) is 0.280. The maximum atomic E-state index is 13.1. The average molecular weight is 481 g/mol. The van der Waals surface area contributed by atoms with Gasteiger partial charge in [0.15, 0.2) is 5.84 Å². The number of carbonyl (C=O) groups is 1. The summed E-state index contributed by atoms with van der Waals surface area (Å²) in [6.45, 7) is 13.7. The first-order chi connectivity index (χ1) is 16.8. The van der Waals surface area contributed by atoms with Gasteiger partial charge >= 0.3 is 0 Å². The fourth-order valence-electron chi connectivity index (χ4n) is 3.40. The Hall–Kier alpha value is -3.89. The minimum absolute atomic E-state index is 0.133. The third-order valence-corrected chi connectivity index (χ3v) is 4.99. The molecule has 0 aromatic carbocycles. The van der Waals surface area contributed by atoms with E-state index in [2.05, 4.69) is 38.4 Å². The number of amidine groups is 1. The summed E-state index contributed by atoms with van der Waals surface area (Å²) < 4.78 is 13.1. The average Bonchev–Trinajstić information content (AvgIpc) is 2.84. The number of anilines is 1. The highest BCUT2D eigenvalue weighted by Gasteiger charge is 2.23. The number of rotatable bonds is 6. The van der Waals surface area contributed by atoms with Crippen molar-refractivity contribution in [1.82, 2.24) is 25.2 Å². The largest absolute Gasteiger partial charge is 0.383 e. The first kappa shape index (κ1) is 27.4.